The Balaban J connectivity index is 0.000000865. The van der Waals surface area contributed by atoms with Crippen molar-refractivity contribution in [3.05, 3.63) is 106 Å². The van der Waals surface area contributed by atoms with Crippen LogP contribution in [0.25, 0.3) is 33.2 Å². The number of hydrogen-bond donors (Lipinski definition) is 4. The van der Waals surface area contributed by atoms with Crippen molar-refractivity contribution in [3.8, 4) is 11.1 Å². The van der Waals surface area contributed by atoms with Crippen LogP contribution in [-0.4, -0.2) is 103 Å². The van der Waals surface area contributed by atoms with Crippen molar-refractivity contribution in [3.63, 3.8) is 0 Å². The number of unbranched alkanes of at least 4 members (excludes halogenated alkanes) is 6. The topological polar surface area (TPSA) is 163 Å². The number of imide groups is 1. The Morgan fingerprint density at radius 3 is 2.26 bits per heavy atom. The maximum atomic E-state index is 13.8. The zero-order valence-corrected chi connectivity index (χ0v) is 41.3. The fraction of sp³-hybridized carbons (Fsp3) is 0.500. The van der Waals surface area contributed by atoms with Gasteiger partial charge in [-0.25, -0.2) is 14.2 Å². The Morgan fingerprint density at radius 1 is 0.814 bits per heavy atom. The van der Waals surface area contributed by atoms with E-state index in [1.165, 1.54) is 86.6 Å². The highest BCUT2D eigenvalue weighted by molar-refractivity contribution is 6.30. The van der Waals surface area contributed by atoms with Gasteiger partial charge in [-0.2, -0.15) is 4.98 Å². The number of nitrogens with one attached hydrogen (secondary N) is 3. The predicted octanol–water partition coefficient (Wildman–Crippen LogP) is 9.60. The van der Waals surface area contributed by atoms with Gasteiger partial charge in [0.2, 0.25) is 17.8 Å². The summed E-state index contributed by atoms with van der Waals surface area (Å²) in [6.07, 6.45) is 20.6. The van der Waals surface area contributed by atoms with Crippen LogP contribution in [0.4, 0.5) is 16.0 Å². The standard InChI is InChI=1S/C48H57ClFN9O4.C6H12O/c1-56-43-26-33(13-16-41(43)59(48(56)62)42-17-18-44(60)54-46(42)61)10-9-25-63-24-8-6-4-2-3-5-7-19-57-20-22-58(23-21-57)32-34-11-14-35(15-12-34)39-30-51-45-40(39)31-52-47(55-45)53-38-28-36(49)27-37(50)29-38;7-6-4-2-1-3-5-6/h11-16,26-31,42H,2-10,17-25,32H2,1H3,(H,54,60,61)(H2,51,52,53,55);6-7H,1-5H2. The molecule has 1 saturated carbocycles. The van der Waals surface area contributed by atoms with Crippen molar-refractivity contribution in [2.24, 2.45) is 7.05 Å². The van der Waals surface area contributed by atoms with E-state index in [0.717, 1.165) is 99.0 Å². The second-order valence-corrected chi connectivity index (χ2v) is 19.7. The van der Waals surface area contributed by atoms with Crippen LogP contribution in [0.1, 0.15) is 113 Å². The second-order valence-electron chi connectivity index (χ2n) is 19.2. The molecular weight excluding hydrogens is 909 g/mol. The molecule has 5 heterocycles. The molecule has 1 aliphatic carbocycles. The van der Waals surface area contributed by atoms with E-state index in [9.17, 15) is 18.8 Å². The van der Waals surface area contributed by atoms with Gasteiger partial charge in [-0.05, 0) is 98.5 Å². The van der Waals surface area contributed by atoms with Gasteiger partial charge in [0.25, 0.3) is 0 Å². The Hall–Kier alpha value is -5.45. The lowest BCUT2D eigenvalue weighted by Crippen LogP contribution is -2.46. The number of nitrogens with zero attached hydrogens (tertiary/aromatic N) is 6. The van der Waals surface area contributed by atoms with Gasteiger partial charge in [0.15, 0.2) is 0 Å². The largest absolute Gasteiger partial charge is 0.393 e. The predicted molar refractivity (Wildman–Crippen MR) is 275 cm³/mol. The van der Waals surface area contributed by atoms with Gasteiger partial charge < -0.3 is 25.0 Å². The Labute approximate surface area is 415 Å². The van der Waals surface area contributed by atoms with Crippen LogP contribution in [0.3, 0.4) is 0 Å². The number of amides is 2. The summed E-state index contributed by atoms with van der Waals surface area (Å²) in [5, 5.41) is 15.5. The number of halogens is 2. The minimum absolute atomic E-state index is 0.0359. The van der Waals surface area contributed by atoms with E-state index in [-0.39, 0.29) is 24.1 Å². The van der Waals surface area contributed by atoms with Crippen molar-refractivity contribution in [2.45, 2.75) is 121 Å². The highest BCUT2D eigenvalue weighted by Gasteiger charge is 2.31. The third-order valence-electron chi connectivity index (χ3n) is 14.0. The maximum absolute atomic E-state index is 13.8. The number of aryl methyl sites for hydroxylation is 2. The lowest BCUT2D eigenvalue weighted by atomic mass is 9.98. The average Bonchev–Trinajstić information content (AvgIpc) is 3.88. The zero-order valence-electron chi connectivity index (χ0n) is 40.6. The molecule has 2 saturated heterocycles. The highest BCUT2D eigenvalue weighted by Crippen LogP contribution is 2.30. The fourth-order valence-electron chi connectivity index (χ4n) is 9.96. The second kappa shape index (κ2) is 25.1. The molecule has 70 heavy (non-hydrogen) atoms. The molecule has 0 spiro atoms. The summed E-state index contributed by atoms with van der Waals surface area (Å²) in [5.74, 6) is -0.777. The fourth-order valence-corrected chi connectivity index (χ4v) is 10.2. The number of hydrogen-bond acceptors (Lipinski definition) is 10. The number of H-pyrrole nitrogens is 1. The third kappa shape index (κ3) is 13.9. The van der Waals surface area contributed by atoms with E-state index in [0.29, 0.717) is 40.8 Å². The number of ether oxygens (including phenoxy) is 1. The monoisotopic (exact) mass is 978 g/mol. The van der Waals surface area contributed by atoms with Gasteiger partial charge >= 0.3 is 5.69 Å². The number of aliphatic hydroxyl groups excluding tert-OH is 1. The molecule has 0 radical (unpaired) electrons. The normalized spacial score (nSPS) is 17.2. The number of aliphatic hydroxyl groups is 1. The van der Waals surface area contributed by atoms with E-state index in [1.54, 1.807) is 23.9 Å². The molecule has 1 atom stereocenters. The Kier molecular flexibility index (Phi) is 18.3. The summed E-state index contributed by atoms with van der Waals surface area (Å²) in [5.41, 5.74) is 7.01. The SMILES string of the molecule is Cn1c(=O)n(C2CCC(=O)NC2=O)c2ccc(CCCOCCCCCCCCCN3CCN(Cc4ccc(-c5c[nH]c6nc(Nc7cc(F)cc(Cl)c7)ncc56)cc4)CC3)cc21.OC1CCCCC1. The summed E-state index contributed by atoms with van der Waals surface area (Å²) < 4.78 is 22.8. The van der Waals surface area contributed by atoms with E-state index in [1.807, 2.05) is 24.4 Å². The molecule has 4 N–H and O–H groups in total. The molecule has 3 aromatic carbocycles. The van der Waals surface area contributed by atoms with Crippen LogP contribution < -0.4 is 16.3 Å². The van der Waals surface area contributed by atoms with Gasteiger partial charge in [0.1, 0.15) is 17.5 Å². The first-order valence-corrected chi connectivity index (χ1v) is 25.9. The summed E-state index contributed by atoms with van der Waals surface area (Å²) >= 11 is 5.99. The van der Waals surface area contributed by atoms with E-state index in [4.69, 9.17) is 21.4 Å². The van der Waals surface area contributed by atoms with Crippen molar-refractivity contribution >= 4 is 57.1 Å². The first kappa shape index (κ1) is 50.9. The number of carbonyl (C=O) groups excluding carboxylic acids is 2. The number of anilines is 2. The molecule has 2 aliphatic heterocycles. The lowest BCUT2D eigenvalue weighted by molar-refractivity contribution is -0.135. The summed E-state index contributed by atoms with van der Waals surface area (Å²) in [4.78, 5) is 54.5. The van der Waals surface area contributed by atoms with Crippen LogP contribution in [0.2, 0.25) is 5.02 Å². The van der Waals surface area contributed by atoms with E-state index < -0.39 is 17.8 Å². The number of imidazole rings is 1. The van der Waals surface area contributed by atoms with Crippen LogP contribution in [0.5, 0.6) is 0 Å². The minimum Gasteiger partial charge on any atom is -0.393 e. The number of benzene rings is 3. The quantitative estimate of drug-likeness (QED) is 0.0428. The number of aromatic nitrogens is 5. The van der Waals surface area contributed by atoms with Gasteiger partial charge in [-0.15, -0.1) is 0 Å². The first-order chi connectivity index (χ1) is 34.1. The molecule has 2 amide bonds. The van der Waals surface area contributed by atoms with Gasteiger partial charge in [0, 0.05) is 93.5 Å². The van der Waals surface area contributed by atoms with Crippen molar-refractivity contribution < 1.29 is 23.8 Å². The molecule has 3 aromatic heterocycles. The molecule has 9 rings (SSSR count). The van der Waals surface area contributed by atoms with Crippen LogP contribution in [0, 0.1) is 5.82 Å². The molecule has 6 aromatic rings. The van der Waals surface area contributed by atoms with Crippen LogP contribution >= 0.6 is 11.6 Å². The number of rotatable bonds is 20. The molecule has 0 bridgehead atoms. The molecule has 3 aliphatic rings. The molecule has 14 nitrogen and oxygen atoms in total. The number of piperazine rings is 1. The van der Waals surface area contributed by atoms with Gasteiger partial charge in [-0.3, -0.25) is 28.9 Å². The molecule has 16 heteroatoms. The van der Waals surface area contributed by atoms with Gasteiger partial charge in [0.05, 0.1) is 17.1 Å². The van der Waals surface area contributed by atoms with Crippen LogP contribution in [0.15, 0.2) is 77.9 Å². The minimum atomic E-state index is -0.669. The number of carbonyl (C=O) groups is 2. The summed E-state index contributed by atoms with van der Waals surface area (Å²) in [6, 6.07) is 18.3. The summed E-state index contributed by atoms with van der Waals surface area (Å²) in [7, 11) is 1.73. The smallest absolute Gasteiger partial charge is 0.329 e. The first-order valence-electron chi connectivity index (χ1n) is 25.5. The van der Waals surface area contributed by atoms with Gasteiger partial charge in [-0.1, -0.05) is 93.3 Å². The Morgan fingerprint density at radius 2 is 1.53 bits per heavy atom. The summed E-state index contributed by atoms with van der Waals surface area (Å²) in [6.45, 7) is 8.04. The van der Waals surface area contributed by atoms with Crippen molar-refractivity contribution in [2.75, 3.05) is 51.3 Å². The van der Waals surface area contributed by atoms with Crippen LogP contribution in [-0.2, 0) is 34.3 Å². The number of fused-ring (bicyclic) bond motifs is 2. The average molecular weight is 979 g/mol. The molecule has 3 fully saturated rings. The molecule has 374 valence electrons. The number of piperidine rings is 1. The maximum Gasteiger partial charge on any atom is 0.329 e. The third-order valence-corrected chi connectivity index (χ3v) is 14.2. The Bertz CT molecular complexity index is 2700. The van der Waals surface area contributed by atoms with Crippen molar-refractivity contribution in [1.29, 1.82) is 0 Å². The van der Waals surface area contributed by atoms with Crippen molar-refractivity contribution in [1.82, 2.24) is 39.2 Å². The molecule has 1 unspecified atom stereocenters. The van der Waals surface area contributed by atoms with E-state index in [2.05, 4.69) is 59.7 Å². The lowest BCUT2D eigenvalue weighted by Gasteiger charge is -2.34. The highest BCUT2D eigenvalue weighted by atomic mass is 35.5. The van der Waals surface area contributed by atoms with E-state index >= 15 is 0 Å². The molecular formula is C54H69ClFN9O5. The zero-order chi connectivity index (χ0) is 48.8. The number of aromatic amines is 1.